The van der Waals surface area contributed by atoms with Crippen molar-refractivity contribution in [1.82, 2.24) is 9.97 Å². The number of fused-ring (bicyclic) bond motifs is 1. The zero-order valence-electron chi connectivity index (χ0n) is 13.7. The Morgan fingerprint density at radius 2 is 1.55 bits per heavy atom. The van der Waals surface area contributed by atoms with Gasteiger partial charge < -0.3 is 0 Å². The Bertz CT molecular complexity index is 568. The Balaban J connectivity index is 1.64. The topological polar surface area (TPSA) is 25.8 Å². The molecule has 22 heavy (non-hydrogen) atoms. The van der Waals surface area contributed by atoms with E-state index in [9.17, 15) is 0 Å². The van der Waals surface area contributed by atoms with Crippen LogP contribution < -0.4 is 0 Å². The van der Waals surface area contributed by atoms with E-state index in [0.717, 1.165) is 23.1 Å². The summed E-state index contributed by atoms with van der Waals surface area (Å²) in [5.74, 6) is 0. The first-order valence-corrected chi connectivity index (χ1v) is 9.08. The van der Waals surface area contributed by atoms with Crippen molar-refractivity contribution in [2.75, 3.05) is 0 Å². The average Bonchev–Trinajstić information content (AvgIpc) is 2.53. The molecule has 0 saturated carbocycles. The maximum absolute atomic E-state index is 5.96. The number of halogens is 1. The van der Waals surface area contributed by atoms with Crippen molar-refractivity contribution in [2.24, 2.45) is 0 Å². The molecule has 1 heterocycles. The highest BCUT2D eigenvalue weighted by molar-refractivity contribution is 6.31. The molecule has 3 heteroatoms. The van der Waals surface area contributed by atoms with Crippen molar-refractivity contribution in [2.45, 2.75) is 71.1 Å². The molecule has 0 unspecified atom stereocenters. The number of rotatable bonds is 10. The second-order valence-electron chi connectivity index (χ2n) is 6.07. The molecular weight excluding hydrogens is 292 g/mol. The van der Waals surface area contributed by atoms with Crippen LogP contribution in [-0.2, 0) is 6.42 Å². The Morgan fingerprint density at radius 3 is 2.27 bits per heavy atom. The average molecular weight is 319 g/mol. The molecule has 0 amide bonds. The van der Waals surface area contributed by atoms with Crippen LogP contribution in [0.2, 0.25) is 5.02 Å². The largest absolute Gasteiger partial charge is 0.253 e. The fraction of sp³-hybridized carbons (Fsp3) is 0.579. The molecule has 0 saturated heterocycles. The molecule has 0 bridgehead atoms. The van der Waals surface area contributed by atoms with Gasteiger partial charge in [0.2, 0.25) is 0 Å². The number of hydrogen-bond donors (Lipinski definition) is 0. The minimum atomic E-state index is 0.716. The van der Waals surface area contributed by atoms with Crippen molar-refractivity contribution in [3.63, 3.8) is 0 Å². The summed E-state index contributed by atoms with van der Waals surface area (Å²) in [6.07, 6.45) is 15.1. The second-order valence-corrected chi connectivity index (χ2v) is 6.51. The van der Waals surface area contributed by atoms with Gasteiger partial charge in [-0.3, -0.25) is 4.98 Å². The van der Waals surface area contributed by atoms with Crippen LogP contribution in [0.4, 0.5) is 0 Å². The van der Waals surface area contributed by atoms with Crippen molar-refractivity contribution >= 4 is 22.6 Å². The highest BCUT2D eigenvalue weighted by atomic mass is 35.5. The predicted molar refractivity (Wildman–Crippen MR) is 95.5 cm³/mol. The lowest BCUT2D eigenvalue weighted by Crippen LogP contribution is -1.93. The third-order valence-electron chi connectivity index (χ3n) is 4.09. The van der Waals surface area contributed by atoms with Gasteiger partial charge in [-0.05, 0) is 31.0 Å². The van der Waals surface area contributed by atoms with Crippen LogP contribution in [-0.4, -0.2) is 9.97 Å². The lowest BCUT2D eigenvalue weighted by Gasteiger charge is -2.04. The molecule has 0 radical (unpaired) electrons. The van der Waals surface area contributed by atoms with Gasteiger partial charge in [-0.25, -0.2) is 4.98 Å². The van der Waals surface area contributed by atoms with E-state index in [0.29, 0.717) is 5.02 Å². The van der Waals surface area contributed by atoms with Crippen molar-refractivity contribution in [3.05, 3.63) is 35.1 Å². The van der Waals surface area contributed by atoms with E-state index in [1.165, 1.54) is 57.8 Å². The number of hydrogen-bond acceptors (Lipinski definition) is 2. The van der Waals surface area contributed by atoms with Crippen molar-refractivity contribution < 1.29 is 0 Å². The smallest absolute Gasteiger partial charge is 0.0901 e. The van der Waals surface area contributed by atoms with Crippen LogP contribution in [0, 0.1) is 0 Å². The first kappa shape index (κ1) is 17.2. The molecule has 0 aliphatic rings. The number of aromatic nitrogens is 2. The van der Waals surface area contributed by atoms with Gasteiger partial charge in [0.15, 0.2) is 0 Å². The molecule has 0 aliphatic heterocycles. The van der Waals surface area contributed by atoms with E-state index in [2.05, 4.69) is 16.9 Å². The quantitative estimate of drug-likeness (QED) is 0.476. The normalized spacial score (nSPS) is 11.2. The standard InChI is InChI=1S/C19H27ClN2/c1-2-3-4-5-6-7-8-9-10-11-17-15-21-19-14-16(20)12-13-18(19)22-17/h12-15H,2-11H2,1H3. The SMILES string of the molecule is CCCCCCCCCCCc1cnc2cc(Cl)ccc2n1. The van der Waals surface area contributed by atoms with Gasteiger partial charge in [-0.15, -0.1) is 0 Å². The van der Waals surface area contributed by atoms with Crippen LogP contribution in [0.1, 0.15) is 70.4 Å². The lowest BCUT2D eigenvalue weighted by molar-refractivity contribution is 0.563. The monoisotopic (exact) mass is 318 g/mol. The van der Waals surface area contributed by atoms with Crippen molar-refractivity contribution in [3.8, 4) is 0 Å². The molecule has 2 nitrogen and oxygen atoms in total. The molecular formula is C19H27ClN2. The summed E-state index contributed by atoms with van der Waals surface area (Å²) < 4.78 is 0. The predicted octanol–water partition coefficient (Wildman–Crippen LogP) is 6.36. The maximum Gasteiger partial charge on any atom is 0.0901 e. The summed E-state index contributed by atoms with van der Waals surface area (Å²) in [6, 6.07) is 5.69. The third kappa shape index (κ3) is 5.92. The summed E-state index contributed by atoms with van der Waals surface area (Å²) in [6.45, 7) is 2.27. The highest BCUT2D eigenvalue weighted by Crippen LogP contribution is 2.17. The van der Waals surface area contributed by atoms with E-state index < -0.39 is 0 Å². The highest BCUT2D eigenvalue weighted by Gasteiger charge is 2.01. The van der Waals surface area contributed by atoms with Gasteiger partial charge in [-0.2, -0.15) is 0 Å². The summed E-state index contributed by atoms with van der Waals surface area (Å²) in [5.41, 5.74) is 2.92. The van der Waals surface area contributed by atoms with E-state index in [1.54, 1.807) is 0 Å². The van der Waals surface area contributed by atoms with Gasteiger partial charge in [-0.1, -0.05) is 69.9 Å². The number of aryl methyl sites for hydroxylation is 1. The fourth-order valence-corrected chi connectivity index (χ4v) is 2.93. The zero-order valence-corrected chi connectivity index (χ0v) is 14.4. The summed E-state index contributed by atoms with van der Waals surface area (Å²) in [7, 11) is 0. The van der Waals surface area contributed by atoms with E-state index in [1.807, 2.05) is 24.4 Å². The minimum Gasteiger partial charge on any atom is -0.253 e. The zero-order chi connectivity index (χ0) is 15.6. The number of benzene rings is 1. The number of nitrogens with zero attached hydrogens (tertiary/aromatic N) is 2. The van der Waals surface area contributed by atoms with E-state index >= 15 is 0 Å². The van der Waals surface area contributed by atoms with E-state index in [4.69, 9.17) is 11.6 Å². The lowest BCUT2D eigenvalue weighted by atomic mass is 10.1. The van der Waals surface area contributed by atoms with Gasteiger partial charge in [0, 0.05) is 11.2 Å². The Kier molecular flexibility index (Phi) is 7.65. The molecule has 120 valence electrons. The Morgan fingerprint density at radius 1 is 0.864 bits per heavy atom. The number of unbranched alkanes of at least 4 members (excludes halogenated alkanes) is 8. The molecule has 0 N–H and O–H groups in total. The molecule has 0 atom stereocenters. The van der Waals surface area contributed by atoms with Crippen LogP contribution in [0.25, 0.3) is 11.0 Å². The van der Waals surface area contributed by atoms with Gasteiger partial charge in [0.1, 0.15) is 0 Å². The fourth-order valence-electron chi connectivity index (χ4n) is 2.76. The molecule has 2 rings (SSSR count). The van der Waals surface area contributed by atoms with Gasteiger partial charge >= 0.3 is 0 Å². The summed E-state index contributed by atoms with van der Waals surface area (Å²) in [4.78, 5) is 9.11. The van der Waals surface area contributed by atoms with Crippen molar-refractivity contribution in [1.29, 1.82) is 0 Å². The van der Waals surface area contributed by atoms with E-state index in [-0.39, 0.29) is 0 Å². The summed E-state index contributed by atoms with van der Waals surface area (Å²) in [5, 5.41) is 0.716. The van der Waals surface area contributed by atoms with Crippen LogP contribution in [0.3, 0.4) is 0 Å². The van der Waals surface area contributed by atoms with Crippen LogP contribution in [0.5, 0.6) is 0 Å². The van der Waals surface area contributed by atoms with Crippen LogP contribution >= 0.6 is 11.6 Å². The minimum absolute atomic E-state index is 0.716. The molecule has 2 aromatic rings. The first-order valence-electron chi connectivity index (χ1n) is 8.71. The molecule has 0 fully saturated rings. The molecule has 0 aliphatic carbocycles. The molecule has 1 aromatic carbocycles. The second kappa shape index (κ2) is 9.78. The maximum atomic E-state index is 5.96. The molecule has 0 spiro atoms. The molecule has 1 aromatic heterocycles. The Labute approximate surface area is 139 Å². The summed E-state index contributed by atoms with van der Waals surface area (Å²) >= 11 is 5.96. The Hall–Kier alpha value is -1.15. The van der Waals surface area contributed by atoms with Gasteiger partial charge in [0.05, 0.1) is 16.7 Å². The van der Waals surface area contributed by atoms with Gasteiger partial charge in [0.25, 0.3) is 0 Å². The first-order chi connectivity index (χ1) is 10.8. The van der Waals surface area contributed by atoms with Crippen LogP contribution in [0.15, 0.2) is 24.4 Å². The third-order valence-corrected chi connectivity index (χ3v) is 4.33.